The highest BCUT2D eigenvalue weighted by Crippen LogP contribution is 2.62. The minimum absolute atomic E-state index is 0.109. The van der Waals surface area contributed by atoms with Crippen LogP contribution in [-0.4, -0.2) is 0 Å². The second-order valence-electron chi connectivity index (χ2n) is 12.2. The molecule has 200 valence electrons. The first-order chi connectivity index (χ1) is 20.5. The maximum absolute atomic E-state index is 6.38. The molecule has 0 saturated carbocycles. The zero-order valence-corrected chi connectivity index (χ0v) is 24.2. The molecule has 2 aliphatic carbocycles. The summed E-state index contributed by atoms with van der Waals surface area (Å²) in [6, 6.07) is 46.6. The lowest BCUT2D eigenvalue weighted by molar-refractivity contribution is 0.563. The van der Waals surface area contributed by atoms with Crippen molar-refractivity contribution in [2.75, 3.05) is 0 Å². The molecule has 0 fully saturated rings. The average Bonchev–Trinajstić information content (AvgIpc) is 3.53. The van der Waals surface area contributed by atoms with Crippen LogP contribution in [0.5, 0.6) is 0 Å². The Bertz CT molecular complexity index is 2200. The van der Waals surface area contributed by atoms with Gasteiger partial charge in [0.2, 0.25) is 0 Å². The molecule has 0 bridgehead atoms. The predicted octanol–water partition coefficient (Wildman–Crippen LogP) is 10.9. The Hall–Kier alpha value is -4.59. The zero-order valence-electron chi connectivity index (χ0n) is 23.4. The van der Waals surface area contributed by atoms with Gasteiger partial charge in [-0.1, -0.05) is 116 Å². The summed E-state index contributed by atoms with van der Waals surface area (Å²) in [5.74, 6) is 0. The Morgan fingerprint density at radius 1 is 0.476 bits per heavy atom. The molecule has 6 aromatic carbocycles. The summed E-state index contributed by atoms with van der Waals surface area (Å²) in [6.07, 6.45) is 0. The van der Waals surface area contributed by atoms with Gasteiger partial charge in [-0.2, -0.15) is 0 Å². The van der Waals surface area contributed by atoms with E-state index in [9.17, 15) is 0 Å². The number of hydrogen-bond donors (Lipinski definition) is 0. The van der Waals surface area contributed by atoms with Crippen molar-refractivity contribution in [3.05, 3.63) is 166 Å². The Morgan fingerprint density at radius 3 is 1.71 bits per heavy atom. The van der Waals surface area contributed by atoms with Crippen LogP contribution >= 0.6 is 11.6 Å². The highest BCUT2D eigenvalue weighted by atomic mass is 35.5. The van der Waals surface area contributed by atoms with Gasteiger partial charge < -0.3 is 4.42 Å². The predicted molar refractivity (Wildman–Crippen MR) is 174 cm³/mol. The second-order valence-corrected chi connectivity index (χ2v) is 12.7. The highest BCUT2D eigenvalue weighted by molar-refractivity contribution is 6.31. The van der Waals surface area contributed by atoms with Crippen LogP contribution in [0.3, 0.4) is 0 Å². The van der Waals surface area contributed by atoms with E-state index in [-0.39, 0.29) is 5.41 Å². The fraction of sp³-hybridized carbons (Fsp3) is 0.100. The van der Waals surface area contributed by atoms with Gasteiger partial charge in [-0.05, 0) is 92.0 Å². The van der Waals surface area contributed by atoms with Gasteiger partial charge in [-0.25, -0.2) is 0 Å². The van der Waals surface area contributed by atoms with Crippen molar-refractivity contribution in [1.29, 1.82) is 0 Å². The largest absolute Gasteiger partial charge is 0.456 e. The van der Waals surface area contributed by atoms with Gasteiger partial charge in [0.15, 0.2) is 0 Å². The molecule has 0 N–H and O–H groups in total. The van der Waals surface area contributed by atoms with Crippen molar-refractivity contribution in [1.82, 2.24) is 0 Å². The SMILES string of the molecule is CC1(C)c2ccccc2C2(c3ccccc3-c3ccc(-c4ccc5oc6ccc(Cl)cc6c5c4)cc32)c2ccccc21. The van der Waals surface area contributed by atoms with Gasteiger partial charge in [-0.15, -0.1) is 0 Å². The quantitative estimate of drug-likeness (QED) is 0.195. The van der Waals surface area contributed by atoms with Gasteiger partial charge in [0.1, 0.15) is 11.2 Å². The van der Waals surface area contributed by atoms with E-state index in [1.165, 1.54) is 50.1 Å². The van der Waals surface area contributed by atoms with Gasteiger partial charge in [-0.3, -0.25) is 0 Å². The first-order valence-corrected chi connectivity index (χ1v) is 14.9. The van der Waals surface area contributed by atoms with Crippen LogP contribution in [0.4, 0.5) is 0 Å². The summed E-state index contributed by atoms with van der Waals surface area (Å²) in [5, 5.41) is 2.84. The van der Waals surface area contributed by atoms with Crippen LogP contribution < -0.4 is 0 Å². The van der Waals surface area contributed by atoms with Gasteiger partial charge >= 0.3 is 0 Å². The molecule has 1 nitrogen and oxygen atoms in total. The molecule has 2 heteroatoms. The fourth-order valence-electron chi connectivity index (χ4n) is 7.97. The third-order valence-electron chi connectivity index (χ3n) is 9.82. The third-order valence-corrected chi connectivity index (χ3v) is 10.1. The Morgan fingerprint density at radius 2 is 1.00 bits per heavy atom. The summed E-state index contributed by atoms with van der Waals surface area (Å²) in [4.78, 5) is 0. The Labute approximate surface area is 250 Å². The summed E-state index contributed by atoms with van der Waals surface area (Å²) in [6.45, 7) is 4.73. The number of furan rings is 1. The summed E-state index contributed by atoms with van der Waals surface area (Å²) in [7, 11) is 0. The summed E-state index contributed by atoms with van der Waals surface area (Å²) < 4.78 is 6.14. The number of fused-ring (bicyclic) bond motifs is 12. The normalized spacial score (nSPS) is 15.4. The lowest BCUT2D eigenvalue weighted by atomic mass is 9.55. The molecule has 2 aliphatic rings. The Balaban J connectivity index is 1.36. The molecular weight excluding hydrogens is 532 g/mol. The van der Waals surface area contributed by atoms with Crippen molar-refractivity contribution < 1.29 is 4.42 Å². The van der Waals surface area contributed by atoms with E-state index in [1.807, 2.05) is 18.2 Å². The molecule has 1 heterocycles. The molecule has 0 unspecified atom stereocenters. The topological polar surface area (TPSA) is 13.1 Å². The molecule has 9 rings (SSSR count). The maximum Gasteiger partial charge on any atom is 0.135 e. The Kier molecular flexibility index (Phi) is 4.72. The number of hydrogen-bond acceptors (Lipinski definition) is 1. The standard InChI is InChI=1S/C40H27ClO/c1-39(2)32-11-5-7-13-34(32)40(35-14-8-6-12-33(35)39)31-10-4-3-9-27(31)28-18-15-25(22-36(28)40)24-16-19-37-29(21-24)30-23-26(41)17-20-38(30)42-37/h3-23H,1-2H3. The van der Waals surface area contributed by atoms with E-state index in [1.54, 1.807) is 0 Å². The number of halogens is 1. The van der Waals surface area contributed by atoms with E-state index < -0.39 is 5.41 Å². The van der Waals surface area contributed by atoms with Crippen LogP contribution in [0.2, 0.25) is 5.02 Å². The average molecular weight is 559 g/mol. The minimum atomic E-state index is -0.398. The molecule has 7 aromatic rings. The number of benzene rings is 6. The monoisotopic (exact) mass is 558 g/mol. The molecule has 0 atom stereocenters. The fourth-order valence-corrected chi connectivity index (χ4v) is 8.14. The lowest BCUT2D eigenvalue weighted by Crippen LogP contribution is -2.40. The lowest BCUT2D eigenvalue weighted by Gasteiger charge is -2.46. The maximum atomic E-state index is 6.38. The molecular formula is C40H27ClO. The summed E-state index contributed by atoms with van der Waals surface area (Å²) >= 11 is 6.38. The first-order valence-electron chi connectivity index (χ1n) is 14.5. The van der Waals surface area contributed by atoms with Crippen molar-refractivity contribution in [3.8, 4) is 22.3 Å². The van der Waals surface area contributed by atoms with Crippen molar-refractivity contribution in [2.45, 2.75) is 24.7 Å². The second kappa shape index (κ2) is 8.25. The van der Waals surface area contributed by atoms with Gasteiger partial charge in [0.05, 0.1) is 5.41 Å². The smallest absolute Gasteiger partial charge is 0.135 e. The number of rotatable bonds is 1. The van der Waals surface area contributed by atoms with E-state index >= 15 is 0 Å². The molecule has 1 aromatic heterocycles. The van der Waals surface area contributed by atoms with E-state index in [0.29, 0.717) is 5.02 Å². The van der Waals surface area contributed by atoms with Gasteiger partial charge in [0.25, 0.3) is 0 Å². The molecule has 1 spiro atoms. The molecule has 0 saturated heterocycles. The molecule has 0 amide bonds. The summed E-state index contributed by atoms with van der Waals surface area (Å²) in [5.41, 5.74) is 14.4. The van der Waals surface area contributed by atoms with Crippen LogP contribution in [0.25, 0.3) is 44.2 Å². The van der Waals surface area contributed by atoms with Crippen LogP contribution in [0, 0.1) is 0 Å². The first kappa shape index (κ1) is 24.1. The minimum Gasteiger partial charge on any atom is -0.456 e. The van der Waals surface area contributed by atoms with Crippen molar-refractivity contribution in [2.24, 2.45) is 0 Å². The van der Waals surface area contributed by atoms with E-state index in [4.69, 9.17) is 16.0 Å². The zero-order chi connectivity index (χ0) is 28.2. The molecule has 0 aliphatic heterocycles. The van der Waals surface area contributed by atoms with Gasteiger partial charge in [0, 0.05) is 21.2 Å². The van der Waals surface area contributed by atoms with Crippen molar-refractivity contribution in [3.63, 3.8) is 0 Å². The molecule has 42 heavy (non-hydrogen) atoms. The molecule has 0 radical (unpaired) electrons. The van der Waals surface area contributed by atoms with Crippen LogP contribution in [-0.2, 0) is 10.8 Å². The van der Waals surface area contributed by atoms with E-state index in [2.05, 4.69) is 123 Å². The van der Waals surface area contributed by atoms with Crippen LogP contribution in [0.1, 0.15) is 47.2 Å². The van der Waals surface area contributed by atoms with E-state index in [0.717, 1.165) is 27.5 Å². The van der Waals surface area contributed by atoms with Crippen molar-refractivity contribution >= 4 is 33.5 Å². The highest BCUT2D eigenvalue weighted by Gasteiger charge is 2.53. The van der Waals surface area contributed by atoms with Crippen LogP contribution in [0.15, 0.2) is 132 Å². The third kappa shape index (κ3) is 2.94.